The Balaban J connectivity index is 0.00000289. The zero-order valence-electron chi connectivity index (χ0n) is 20.5. The minimum absolute atomic E-state index is 0. The van der Waals surface area contributed by atoms with Gasteiger partial charge in [0.2, 0.25) is 0 Å². The van der Waals surface area contributed by atoms with E-state index in [0.29, 0.717) is 11.3 Å². The van der Waals surface area contributed by atoms with Crippen LogP contribution in [0.25, 0.3) is 0 Å². The summed E-state index contributed by atoms with van der Waals surface area (Å²) in [7, 11) is 0. The number of hydrogen-bond acceptors (Lipinski definition) is 5. The fraction of sp³-hybridized carbons (Fsp3) is 0.769. The lowest BCUT2D eigenvalue weighted by Crippen LogP contribution is -2.47. The minimum atomic E-state index is 0. The zero-order valence-corrected chi connectivity index (χ0v) is 21.3. The van der Waals surface area contributed by atoms with Gasteiger partial charge in [-0.05, 0) is 67.7 Å². The summed E-state index contributed by atoms with van der Waals surface area (Å²) in [6.07, 6.45) is 5.32. The van der Waals surface area contributed by atoms with Crippen LogP contribution in [0.2, 0.25) is 0 Å². The van der Waals surface area contributed by atoms with Crippen LogP contribution in [-0.2, 0) is 9.47 Å². The first-order valence-electron chi connectivity index (χ1n) is 12.6. The van der Waals surface area contributed by atoms with Gasteiger partial charge in [0.25, 0.3) is 0 Å². The van der Waals surface area contributed by atoms with Gasteiger partial charge in [0.15, 0.2) is 0 Å². The summed E-state index contributed by atoms with van der Waals surface area (Å²) in [6.45, 7) is 17.9. The first-order chi connectivity index (χ1) is 15.1. The van der Waals surface area contributed by atoms with Gasteiger partial charge < -0.3 is 19.3 Å². The van der Waals surface area contributed by atoms with Crippen LogP contribution in [0.3, 0.4) is 0 Å². The van der Waals surface area contributed by atoms with Crippen LogP contribution in [0.1, 0.15) is 57.9 Å². The van der Waals surface area contributed by atoms with Crippen molar-refractivity contribution in [2.75, 3.05) is 82.0 Å². The van der Waals surface area contributed by atoms with Crippen LogP contribution in [0.5, 0.6) is 0 Å². The Morgan fingerprint density at radius 2 is 1.66 bits per heavy atom. The molecular formula is C26H44ClN3O2. The molecule has 1 aromatic rings. The van der Waals surface area contributed by atoms with Gasteiger partial charge in [0, 0.05) is 63.8 Å². The Morgan fingerprint density at radius 3 is 2.31 bits per heavy atom. The van der Waals surface area contributed by atoms with Crippen LogP contribution < -0.4 is 9.80 Å². The Labute approximate surface area is 201 Å². The first-order valence-corrected chi connectivity index (χ1v) is 12.6. The largest absolute Gasteiger partial charge is 0.380 e. The summed E-state index contributed by atoms with van der Waals surface area (Å²) < 4.78 is 11.2. The third-order valence-corrected chi connectivity index (χ3v) is 7.64. The topological polar surface area (TPSA) is 28.2 Å². The van der Waals surface area contributed by atoms with E-state index in [1.165, 1.54) is 37.1 Å². The summed E-state index contributed by atoms with van der Waals surface area (Å²) in [4.78, 5) is 7.71. The van der Waals surface area contributed by atoms with Gasteiger partial charge in [-0.25, -0.2) is 0 Å². The van der Waals surface area contributed by atoms with Crippen molar-refractivity contribution in [1.29, 1.82) is 0 Å². The molecule has 1 saturated carbocycles. The number of ether oxygens (including phenoxy) is 2. The second-order valence-corrected chi connectivity index (χ2v) is 10.3. The van der Waals surface area contributed by atoms with Crippen molar-refractivity contribution < 1.29 is 9.47 Å². The van der Waals surface area contributed by atoms with Gasteiger partial charge in [-0.2, -0.15) is 0 Å². The highest BCUT2D eigenvalue weighted by Crippen LogP contribution is 2.45. The Kier molecular flexibility index (Phi) is 9.54. The van der Waals surface area contributed by atoms with E-state index in [1.54, 1.807) is 5.56 Å². The monoisotopic (exact) mass is 465 g/mol. The van der Waals surface area contributed by atoms with E-state index in [2.05, 4.69) is 53.7 Å². The summed E-state index contributed by atoms with van der Waals surface area (Å²) in [5.74, 6) is 0.694. The molecule has 0 radical (unpaired) electrons. The Morgan fingerprint density at radius 1 is 0.969 bits per heavy atom. The molecule has 1 aliphatic carbocycles. The molecule has 0 bridgehead atoms. The van der Waals surface area contributed by atoms with Crippen LogP contribution >= 0.6 is 12.4 Å². The fourth-order valence-electron chi connectivity index (χ4n) is 5.44. The average Bonchev–Trinajstić information content (AvgIpc) is 2.80. The van der Waals surface area contributed by atoms with Gasteiger partial charge in [-0.3, -0.25) is 4.90 Å². The summed E-state index contributed by atoms with van der Waals surface area (Å²) in [5.41, 5.74) is 4.99. The van der Waals surface area contributed by atoms with Gasteiger partial charge in [-0.1, -0.05) is 13.8 Å². The zero-order chi connectivity index (χ0) is 21.7. The van der Waals surface area contributed by atoms with Crippen molar-refractivity contribution >= 4 is 23.8 Å². The highest BCUT2D eigenvalue weighted by molar-refractivity contribution is 5.85. The maximum atomic E-state index is 5.59. The lowest BCUT2D eigenvalue weighted by molar-refractivity contribution is 0.111. The van der Waals surface area contributed by atoms with E-state index in [4.69, 9.17) is 9.47 Å². The van der Waals surface area contributed by atoms with Gasteiger partial charge in [-0.15, -0.1) is 12.4 Å². The number of anilines is 2. The van der Waals surface area contributed by atoms with E-state index >= 15 is 0 Å². The van der Waals surface area contributed by atoms with Crippen molar-refractivity contribution in [3.8, 4) is 0 Å². The quantitative estimate of drug-likeness (QED) is 0.540. The standard InChI is InChI=1S/C26H43N3O2.ClH/c1-4-30-18-15-27-11-13-29(14-12-27)25-6-5-23(28-16-19-31-20-17-28)21-24(25)22-7-9-26(2,3)10-8-22;/h5-6,21-22H,4,7-20H2,1-3H3;1H. The normalized spacial score (nSPS) is 22.6. The van der Waals surface area contributed by atoms with E-state index in [9.17, 15) is 0 Å². The highest BCUT2D eigenvalue weighted by atomic mass is 35.5. The van der Waals surface area contributed by atoms with Crippen LogP contribution in [0.4, 0.5) is 11.4 Å². The maximum absolute atomic E-state index is 5.59. The molecule has 3 aliphatic rings. The van der Waals surface area contributed by atoms with Crippen LogP contribution in [0.15, 0.2) is 18.2 Å². The van der Waals surface area contributed by atoms with Crippen LogP contribution in [0, 0.1) is 5.41 Å². The van der Waals surface area contributed by atoms with Gasteiger partial charge in [0.05, 0.1) is 19.8 Å². The van der Waals surface area contributed by atoms with Gasteiger partial charge in [0.1, 0.15) is 0 Å². The molecule has 32 heavy (non-hydrogen) atoms. The van der Waals surface area contributed by atoms with Crippen molar-refractivity contribution in [1.82, 2.24) is 4.90 Å². The SMILES string of the molecule is CCOCCN1CCN(c2ccc(N3CCOCC3)cc2C2CCC(C)(C)CC2)CC1.Cl. The number of morpholine rings is 1. The Bertz CT molecular complexity index is 690. The highest BCUT2D eigenvalue weighted by Gasteiger charge is 2.30. The predicted molar refractivity (Wildman–Crippen MR) is 137 cm³/mol. The second-order valence-electron chi connectivity index (χ2n) is 10.3. The molecule has 6 heteroatoms. The number of halogens is 1. The molecule has 2 saturated heterocycles. The van der Waals surface area contributed by atoms with E-state index < -0.39 is 0 Å². The average molecular weight is 466 g/mol. The minimum Gasteiger partial charge on any atom is -0.380 e. The summed E-state index contributed by atoms with van der Waals surface area (Å²) in [5, 5.41) is 0. The van der Waals surface area contributed by atoms with Gasteiger partial charge >= 0.3 is 0 Å². The van der Waals surface area contributed by atoms with E-state index in [-0.39, 0.29) is 12.4 Å². The third-order valence-electron chi connectivity index (χ3n) is 7.64. The molecule has 3 fully saturated rings. The number of hydrogen-bond donors (Lipinski definition) is 0. The molecule has 2 heterocycles. The molecule has 0 unspecified atom stereocenters. The number of rotatable bonds is 7. The van der Waals surface area contributed by atoms with Crippen molar-refractivity contribution in [3.63, 3.8) is 0 Å². The molecule has 0 amide bonds. The predicted octanol–water partition coefficient (Wildman–Crippen LogP) is 4.79. The van der Waals surface area contributed by atoms with Crippen molar-refractivity contribution in [3.05, 3.63) is 23.8 Å². The first kappa shape index (κ1) is 25.6. The molecule has 1 aromatic carbocycles. The lowest BCUT2D eigenvalue weighted by atomic mass is 9.71. The number of nitrogens with zero attached hydrogens (tertiary/aromatic N) is 3. The van der Waals surface area contributed by atoms with Crippen molar-refractivity contribution in [2.45, 2.75) is 52.4 Å². The van der Waals surface area contributed by atoms with E-state index in [0.717, 1.165) is 72.2 Å². The molecule has 2 aliphatic heterocycles. The van der Waals surface area contributed by atoms with Crippen molar-refractivity contribution in [2.24, 2.45) is 5.41 Å². The molecular weight excluding hydrogens is 422 g/mol. The molecule has 4 rings (SSSR count). The van der Waals surface area contributed by atoms with Crippen LogP contribution in [-0.4, -0.2) is 77.1 Å². The smallest absolute Gasteiger partial charge is 0.0642 e. The lowest BCUT2D eigenvalue weighted by Gasteiger charge is -2.40. The summed E-state index contributed by atoms with van der Waals surface area (Å²) >= 11 is 0. The fourth-order valence-corrected chi connectivity index (χ4v) is 5.44. The third kappa shape index (κ3) is 6.53. The molecule has 0 N–H and O–H groups in total. The molecule has 0 aromatic heterocycles. The maximum Gasteiger partial charge on any atom is 0.0642 e. The Hall–Kier alpha value is -1.01. The molecule has 5 nitrogen and oxygen atoms in total. The number of piperazine rings is 1. The van der Waals surface area contributed by atoms with E-state index in [1.807, 2.05) is 0 Å². The molecule has 0 atom stereocenters. The number of benzene rings is 1. The summed E-state index contributed by atoms with van der Waals surface area (Å²) in [6, 6.07) is 7.32. The second kappa shape index (κ2) is 11.9. The molecule has 182 valence electrons. The molecule has 0 spiro atoms.